The number of carbonyl (C=O) groups is 4. The molecule has 0 saturated heterocycles. The fourth-order valence-corrected chi connectivity index (χ4v) is 4.26. The van der Waals surface area contributed by atoms with Crippen LogP contribution in [0, 0.1) is 17.3 Å². The van der Waals surface area contributed by atoms with Gasteiger partial charge in [-0.1, -0.05) is 40.7 Å². The summed E-state index contributed by atoms with van der Waals surface area (Å²) >= 11 is 3.09. The molecule has 0 radical (unpaired) electrons. The number of carboxylic acids is 1. The first kappa shape index (κ1) is 37.7. The summed E-state index contributed by atoms with van der Waals surface area (Å²) in [5.41, 5.74) is 1.67. The van der Waals surface area contributed by atoms with E-state index in [-0.39, 0.29) is 59.3 Å². The average Bonchev–Trinajstić information content (AvgIpc) is 2.86. The zero-order chi connectivity index (χ0) is 31.6. The van der Waals surface area contributed by atoms with Crippen molar-refractivity contribution in [2.45, 2.75) is 86.0 Å². The highest BCUT2D eigenvalue weighted by molar-refractivity contribution is 9.12. The number of halogens is 1. The first-order chi connectivity index (χ1) is 19.1. The highest BCUT2D eigenvalue weighted by Gasteiger charge is 2.22. The van der Waals surface area contributed by atoms with E-state index in [0.717, 1.165) is 24.5 Å². The van der Waals surface area contributed by atoms with E-state index in [9.17, 15) is 24.3 Å². The smallest absolute Gasteiger partial charge is 0.373 e. The van der Waals surface area contributed by atoms with Gasteiger partial charge in [0.25, 0.3) is 0 Å². The quantitative estimate of drug-likeness (QED) is 0.106. The molecule has 0 aromatic heterocycles. The largest absolute Gasteiger partial charge is 0.506 e. The Balaban J connectivity index is 0.00000509. The number of carboxylic acid groups (broad SMARTS) is 1. The van der Waals surface area contributed by atoms with Gasteiger partial charge in [-0.05, 0) is 83.0 Å². The second-order valence-electron chi connectivity index (χ2n) is 11.2. The third-order valence-corrected chi connectivity index (χ3v) is 7.27. The summed E-state index contributed by atoms with van der Waals surface area (Å²) < 4.78 is 0.126. The predicted octanol–water partition coefficient (Wildman–Crippen LogP) is 5.39. The number of ketones is 1. The molecule has 0 fully saturated rings. The zero-order valence-corrected chi connectivity index (χ0v) is 26.1. The molecule has 0 aliphatic heterocycles. The number of carbonyl (C=O) groups excluding carboxylic acids is 5. The molecular formula is C30H43BrN2O8. The van der Waals surface area contributed by atoms with E-state index in [1.54, 1.807) is 6.07 Å². The zero-order valence-electron chi connectivity index (χ0n) is 24.5. The minimum absolute atomic E-state index is 0.00391. The fraction of sp³-hybridized carbons (Fsp3) is 0.567. The number of benzene rings is 1. The van der Waals surface area contributed by atoms with Crippen LogP contribution in [0.3, 0.4) is 0 Å². The Hall–Kier alpha value is -3.30. The van der Waals surface area contributed by atoms with Crippen LogP contribution >= 0.6 is 15.9 Å². The van der Waals surface area contributed by atoms with Crippen LogP contribution in [0.25, 0.3) is 0 Å². The van der Waals surface area contributed by atoms with Gasteiger partial charge in [0.2, 0.25) is 11.8 Å². The van der Waals surface area contributed by atoms with Crippen LogP contribution in [-0.2, 0) is 35.2 Å². The van der Waals surface area contributed by atoms with Gasteiger partial charge in [-0.2, -0.15) is 9.59 Å². The van der Waals surface area contributed by atoms with Gasteiger partial charge in [0.1, 0.15) is 5.75 Å². The van der Waals surface area contributed by atoms with Gasteiger partial charge < -0.3 is 20.8 Å². The maximum absolute atomic E-state index is 12.4. The first-order valence-electron chi connectivity index (χ1n) is 13.6. The van der Waals surface area contributed by atoms with Gasteiger partial charge in [0, 0.05) is 31.9 Å². The van der Waals surface area contributed by atoms with Crippen molar-refractivity contribution < 1.29 is 39.0 Å². The SMILES string of the molecule is CC(C[C@@H](C)Cc1ccc(O)c(NC(=O)CCCNC(=O)/C=C(\Br)C(=O)CCCCC(=O)O)c1)C(C)(C)C.O=C=O. The number of rotatable bonds is 16. The van der Waals surface area contributed by atoms with Gasteiger partial charge in [-0.25, -0.2) is 0 Å². The Bertz CT molecular complexity index is 1090. The number of Topliss-reactive ketones (excluding diaryl/α,β-unsaturated/α-hetero) is 1. The lowest BCUT2D eigenvalue weighted by Crippen LogP contribution is -2.24. The number of aromatic hydroxyl groups is 1. The van der Waals surface area contributed by atoms with E-state index in [1.165, 1.54) is 0 Å². The molecule has 41 heavy (non-hydrogen) atoms. The van der Waals surface area contributed by atoms with Crippen molar-refractivity contribution in [3.63, 3.8) is 0 Å². The number of hydrogen-bond donors (Lipinski definition) is 4. The fourth-order valence-electron chi connectivity index (χ4n) is 3.85. The van der Waals surface area contributed by atoms with Crippen molar-refractivity contribution in [2.75, 3.05) is 11.9 Å². The summed E-state index contributed by atoms with van der Waals surface area (Å²) in [5, 5.41) is 24.2. The second-order valence-corrected chi connectivity index (χ2v) is 12.1. The number of aliphatic carboxylic acids is 1. The van der Waals surface area contributed by atoms with Gasteiger partial charge in [-0.3, -0.25) is 19.2 Å². The Morgan fingerprint density at radius 1 is 1.02 bits per heavy atom. The van der Waals surface area contributed by atoms with E-state index >= 15 is 0 Å². The lowest BCUT2D eigenvalue weighted by Gasteiger charge is -2.29. The topological polar surface area (TPSA) is 167 Å². The molecule has 11 heteroatoms. The van der Waals surface area contributed by atoms with Crippen LogP contribution < -0.4 is 10.6 Å². The summed E-state index contributed by atoms with van der Waals surface area (Å²) in [6, 6.07) is 5.29. The Labute approximate surface area is 250 Å². The second kappa shape index (κ2) is 19.7. The number of hydrogen-bond acceptors (Lipinski definition) is 7. The van der Waals surface area contributed by atoms with Crippen LogP contribution in [0.5, 0.6) is 5.75 Å². The van der Waals surface area contributed by atoms with Crippen molar-refractivity contribution in [3.8, 4) is 5.75 Å². The van der Waals surface area contributed by atoms with Crippen LogP contribution in [0.15, 0.2) is 28.8 Å². The molecule has 0 spiro atoms. The number of phenols is 1. The molecule has 1 aromatic carbocycles. The molecule has 2 atom stereocenters. The van der Waals surface area contributed by atoms with Gasteiger partial charge in [0.05, 0.1) is 10.2 Å². The van der Waals surface area contributed by atoms with E-state index < -0.39 is 11.9 Å². The van der Waals surface area contributed by atoms with Gasteiger partial charge >= 0.3 is 12.1 Å². The summed E-state index contributed by atoms with van der Waals surface area (Å²) in [7, 11) is 0. The molecule has 0 aliphatic carbocycles. The summed E-state index contributed by atoms with van der Waals surface area (Å²) in [6.45, 7) is 11.5. The minimum atomic E-state index is -0.906. The van der Waals surface area contributed by atoms with Crippen molar-refractivity contribution in [3.05, 3.63) is 34.3 Å². The van der Waals surface area contributed by atoms with E-state index in [2.05, 4.69) is 61.2 Å². The number of allylic oxidation sites excluding steroid dienone is 1. The molecule has 4 N–H and O–H groups in total. The van der Waals surface area contributed by atoms with Crippen LogP contribution in [0.4, 0.5) is 5.69 Å². The number of phenolic OH excluding ortho intramolecular Hbond substituents is 1. The third-order valence-electron chi connectivity index (χ3n) is 6.60. The van der Waals surface area contributed by atoms with Crippen molar-refractivity contribution in [2.24, 2.45) is 17.3 Å². The number of unbranched alkanes of at least 4 members (excludes halogenated alkanes) is 1. The normalized spacial score (nSPS) is 12.7. The van der Waals surface area contributed by atoms with Crippen LogP contribution in [0.2, 0.25) is 0 Å². The maximum Gasteiger partial charge on any atom is 0.373 e. The Kier molecular flexibility index (Phi) is 18.1. The van der Waals surface area contributed by atoms with Crippen molar-refractivity contribution >= 4 is 51.3 Å². The van der Waals surface area contributed by atoms with Crippen molar-refractivity contribution in [1.82, 2.24) is 5.32 Å². The molecule has 0 saturated carbocycles. The lowest BCUT2D eigenvalue weighted by atomic mass is 9.76. The van der Waals surface area contributed by atoms with Crippen LogP contribution in [0.1, 0.15) is 85.1 Å². The summed E-state index contributed by atoms with van der Waals surface area (Å²) in [6.07, 6.45) is 4.85. The highest BCUT2D eigenvalue weighted by Crippen LogP contribution is 2.32. The Morgan fingerprint density at radius 2 is 1.63 bits per heavy atom. The van der Waals surface area contributed by atoms with Gasteiger partial charge in [0.15, 0.2) is 5.78 Å². The predicted molar refractivity (Wildman–Crippen MR) is 158 cm³/mol. The molecule has 0 aliphatic rings. The number of nitrogens with one attached hydrogen (secondary N) is 2. The number of anilines is 1. The number of amides is 2. The third kappa shape index (κ3) is 17.9. The molecule has 0 heterocycles. The first-order valence-corrected chi connectivity index (χ1v) is 14.4. The molecular weight excluding hydrogens is 596 g/mol. The summed E-state index contributed by atoms with van der Waals surface area (Å²) in [4.78, 5) is 63.2. The molecule has 1 rings (SSSR count). The molecule has 10 nitrogen and oxygen atoms in total. The average molecular weight is 640 g/mol. The highest BCUT2D eigenvalue weighted by atomic mass is 79.9. The monoisotopic (exact) mass is 638 g/mol. The van der Waals surface area contributed by atoms with Crippen LogP contribution in [-0.4, -0.2) is 46.5 Å². The van der Waals surface area contributed by atoms with Gasteiger partial charge in [-0.15, -0.1) is 0 Å². The molecule has 0 bridgehead atoms. The Morgan fingerprint density at radius 3 is 2.22 bits per heavy atom. The van der Waals surface area contributed by atoms with E-state index in [0.29, 0.717) is 36.8 Å². The standard InChI is InChI=1S/C29H43BrN2O6.CO2/c1-19(15-20(2)29(3,4)5)16-21-12-13-25(34)23(17-21)32-26(35)10-8-14-31-27(36)18-22(30)24(33)9-6-7-11-28(37)38;2-1-3/h12-13,17-20,34H,6-11,14-16H2,1-5H3,(H,31,36)(H,32,35)(H,37,38);/b22-18-;/t19-,20?;/m1./s1. The molecule has 228 valence electrons. The maximum atomic E-state index is 12.4. The molecule has 1 aromatic rings. The van der Waals surface area contributed by atoms with E-state index in [1.807, 2.05) is 12.1 Å². The lowest BCUT2D eigenvalue weighted by molar-refractivity contribution is -0.191. The minimum Gasteiger partial charge on any atom is -0.506 e. The molecule has 2 amide bonds. The van der Waals surface area contributed by atoms with Crippen molar-refractivity contribution in [1.29, 1.82) is 0 Å². The molecule has 1 unspecified atom stereocenters. The van der Waals surface area contributed by atoms with E-state index in [4.69, 9.17) is 14.7 Å². The summed E-state index contributed by atoms with van der Waals surface area (Å²) in [5.74, 6) is -0.870.